The normalized spacial score (nSPS) is 12.2. The average Bonchev–Trinajstić information content (AvgIpc) is 2.89. The van der Waals surface area contributed by atoms with Gasteiger partial charge >= 0.3 is 0 Å². The summed E-state index contributed by atoms with van der Waals surface area (Å²) in [6.45, 7) is 0.233. The third kappa shape index (κ3) is 4.14. The molecule has 6 nitrogen and oxygen atoms in total. The summed E-state index contributed by atoms with van der Waals surface area (Å²) in [6.07, 6.45) is 1.06. The minimum Gasteiger partial charge on any atom is -0.497 e. The molecule has 108 valence electrons. The summed E-state index contributed by atoms with van der Waals surface area (Å²) in [4.78, 5) is 0. The molecule has 0 saturated heterocycles. The number of aryl methyl sites for hydroxylation is 1. The van der Waals surface area contributed by atoms with Crippen molar-refractivity contribution in [1.82, 2.24) is 14.8 Å². The molecule has 0 radical (unpaired) electrons. The van der Waals surface area contributed by atoms with E-state index < -0.39 is 6.10 Å². The summed E-state index contributed by atoms with van der Waals surface area (Å²) in [7, 11) is 3.48. The number of nitrogens with zero attached hydrogens (tertiary/aromatic N) is 3. The van der Waals surface area contributed by atoms with Gasteiger partial charge in [0.15, 0.2) is 5.16 Å². The summed E-state index contributed by atoms with van der Waals surface area (Å²) in [6, 6.07) is 7.24. The molecule has 2 rings (SSSR count). The smallest absolute Gasteiger partial charge is 0.190 e. The van der Waals surface area contributed by atoms with Crippen LogP contribution in [0.1, 0.15) is 0 Å². The quantitative estimate of drug-likeness (QED) is 0.778. The Balaban J connectivity index is 1.74. The zero-order chi connectivity index (χ0) is 14.4. The average molecular weight is 295 g/mol. The maximum atomic E-state index is 9.87. The molecule has 2 aromatic rings. The maximum absolute atomic E-state index is 9.87. The fraction of sp³-hybridized carbons (Fsp3) is 0.385. The van der Waals surface area contributed by atoms with Crippen LogP contribution in [0.2, 0.25) is 0 Å². The van der Waals surface area contributed by atoms with Gasteiger partial charge in [-0.1, -0.05) is 11.8 Å². The lowest BCUT2D eigenvalue weighted by Gasteiger charge is -2.12. The molecule has 1 aromatic heterocycles. The summed E-state index contributed by atoms with van der Waals surface area (Å²) in [5.41, 5.74) is 0. The molecule has 0 saturated carbocycles. The molecule has 0 bridgehead atoms. The van der Waals surface area contributed by atoms with Crippen molar-refractivity contribution in [3.8, 4) is 11.5 Å². The van der Waals surface area contributed by atoms with E-state index in [0.29, 0.717) is 11.5 Å². The molecule has 0 aliphatic heterocycles. The third-order valence-corrected chi connectivity index (χ3v) is 3.76. The number of hydrogen-bond donors (Lipinski definition) is 1. The van der Waals surface area contributed by atoms with Gasteiger partial charge in [0, 0.05) is 12.8 Å². The Kier molecular flexibility index (Phi) is 5.25. The van der Waals surface area contributed by atoms with Crippen LogP contribution in [0.25, 0.3) is 0 Å². The standard InChI is InChI=1S/C13H17N3O3S/c1-16-9-14-15-13(16)20-8-10(17)7-19-12-5-3-11(18-2)4-6-12/h3-6,9-10,17H,7-8H2,1-2H3. The van der Waals surface area contributed by atoms with E-state index in [1.54, 1.807) is 25.6 Å². The van der Waals surface area contributed by atoms with Gasteiger partial charge in [-0.25, -0.2) is 0 Å². The molecular formula is C13H17N3O3S. The van der Waals surface area contributed by atoms with Crippen LogP contribution in [-0.4, -0.2) is 45.4 Å². The van der Waals surface area contributed by atoms with Gasteiger partial charge in [-0.15, -0.1) is 10.2 Å². The number of aliphatic hydroxyl groups excluding tert-OH is 1. The highest BCUT2D eigenvalue weighted by Crippen LogP contribution is 2.18. The molecule has 0 aliphatic rings. The second kappa shape index (κ2) is 7.16. The maximum Gasteiger partial charge on any atom is 0.190 e. The van der Waals surface area contributed by atoms with Crippen molar-refractivity contribution in [3.05, 3.63) is 30.6 Å². The molecule has 0 spiro atoms. The van der Waals surface area contributed by atoms with Crippen molar-refractivity contribution >= 4 is 11.8 Å². The number of methoxy groups -OCH3 is 1. The van der Waals surface area contributed by atoms with Crippen molar-refractivity contribution in [3.63, 3.8) is 0 Å². The first-order valence-corrected chi connectivity index (χ1v) is 7.09. The lowest BCUT2D eigenvalue weighted by atomic mass is 10.3. The van der Waals surface area contributed by atoms with Crippen LogP contribution in [0.15, 0.2) is 35.7 Å². The number of rotatable bonds is 7. The second-order valence-electron chi connectivity index (χ2n) is 4.18. The minimum absolute atomic E-state index is 0.233. The van der Waals surface area contributed by atoms with Crippen LogP contribution in [0.5, 0.6) is 11.5 Å². The van der Waals surface area contributed by atoms with Crippen molar-refractivity contribution in [2.24, 2.45) is 7.05 Å². The zero-order valence-electron chi connectivity index (χ0n) is 11.4. The topological polar surface area (TPSA) is 69.4 Å². The van der Waals surface area contributed by atoms with E-state index in [0.717, 1.165) is 10.9 Å². The largest absolute Gasteiger partial charge is 0.497 e. The highest BCUT2D eigenvalue weighted by molar-refractivity contribution is 7.99. The SMILES string of the molecule is COc1ccc(OCC(O)CSc2nncn2C)cc1. The molecule has 1 aromatic carbocycles. The van der Waals surface area contributed by atoms with Gasteiger partial charge < -0.3 is 19.1 Å². The molecule has 0 amide bonds. The van der Waals surface area contributed by atoms with Gasteiger partial charge in [-0.3, -0.25) is 0 Å². The van der Waals surface area contributed by atoms with Gasteiger partial charge in [0.2, 0.25) is 0 Å². The van der Waals surface area contributed by atoms with E-state index in [4.69, 9.17) is 9.47 Å². The Bertz CT molecular complexity index is 530. The third-order valence-electron chi connectivity index (χ3n) is 2.58. The van der Waals surface area contributed by atoms with Gasteiger partial charge in [0.25, 0.3) is 0 Å². The lowest BCUT2D eigenvalue weighted by Crippen LogP contribution is -2.20. The summed E-state index contributed by atoms with van der Waals surface area (Å²) in [5, 5.41) is 18.4. The first kappa shape index (κ1) is 14.7. The van der Waals surface area contributed by atoms with E-state index in [-0.39, 0.29) is 6.61 Å². The molecule has 1 N–H and O–H groups in total. The van der Waals surface area contributed by atoms with Gasteiger partial charge in [-0.05, 0) is 24.3 Å². The number of thioether (sulfide) groups is 1. The number of aromatic nitrogens is 3. The molecule has 1 unspecified atom stereocenters. The predicted molar refractivity (Wildman–Crippen MR) is 76.2 cm³/mol. The van der Waals surface area contributed by atoms with Crippen LogP contribution in [-0.2, 0) is 7.05 Å². The Labute approximate surface area is 121 Å². The van der Waals surface area contributed by atoms with E-state index in [1.807, 2.05) is 23.7 Å². The van der Waals surface area contributed by atoms with Gasteiger partial charge in [0.1, 0.15) is 24.4 Å². The highest BCUT2D eigenvalue weighted by atomic mass is 32.2. The zero-order valence-corrected chi connectivity index (χ0v) is 12.2. The minimum atomic E-state index is -0.571. The van der Waals surface area contributed by atoms with Crippen molar-refractivity contribution < 1.29 is 14.6 Å². The Hall–Kier alpha value is -1.73. The predicted octanol–water partition coefficient (Wildman–Crippen LogP) is 1.36. The van der Waals surface area contributed by atoms with Gasteiger partial charge in [0.05, 0.1) is 13.2 Å². The van der Waals surface area contributed by atoms with Gasteiger partial charge in [-0.2, -0.15) is 0 Å². The Morgan fingerprint density at radius 1 is 1.30 bits per heavy atom. The molecule has 20 heavy (non-hydrogen) atoms. The van der Waals surface area contributed by atoms with Crippen molar-refractivity contribution in [1.29, 1.82) is 0 Å². The summed E-state index contributed by atoms with van der Waals surface area (Å²) < 4.78 is 12.4. The van der Waals surface area contributed by atoms with Crippen molar-refractivity contribution in [2.45, 2.75) is 11.3 Å². The van der Waals surface area contributed by atoms with Crippen molar-refractivity contribution in [2.75, 3.05) is 19.5 Å². The molecular weight excluding hydrogens is 278 g/mol. The van der Waals surface area contributed by atoms with Crippen LogP contribution in [0.4, 0.5) is 0 Å². The van der Waals surface area contributed by atoms with E-state index in [1.165, 1.54) is 11.8 Å². The number of benzene rings is 1. The van der Waals surface area contributed by atoms with Crippen LogP contribution in [0, 0.1) is 0 Å². The highest BCUT2D eigenvalue weighted by Gasteiger charge is 2.09. The summed E-state index contributed by atoms with van der Waals surface area (Å²) in [5.74, 6) is 1.98. The fourth-order valence-electron chi connectivity index (χ4n) is 1.49. The molecule has 0 aliphatic carbocycles. The first-order valence-electron chi connectivity index (χ1n) is 6.10. The lowest BCUT2D eigenvalue weighted by molar-refractivity contribution is 0.126. The number of ether oxygens (including phenoxy) is 2. The van der Waals surface area contributed by atoms with Crippen LogP contribution < -0.4 is 9.47 Å². The molecule has 1 heterocycles. The number of hydrogen-bond acceptors (Lipinski definition) is 6. The monoisotopic (exact) mass is 295 g/mol. The molecule has 0 fully saturated rings. The second-order valence-corrected chi connectivity index (χ2v) is 5.16. The molecule has 7 heteroatoms. The van der Waals surface area contributed by atoms with Crippen LogP contribution >= 0.6 is 11.8 Å². The summed E-state index contributed by atoms with van der Waals surface area (Å²) >= 11 is 1.44. The Morgan fingerprint density at radius 2 is 2.00 bits per heavy atom. The number of aliphatic hydroxyl groups is 1. The Morgan fingerprint density at radius 3 is 2.60 bits per heavy atom. The van der Waals surface area contributed by atoms with Crippen LogP contribution in [0.3, 0.4) is 0 Å². The fourth-order valence-corrected chi connectivity index (χ4v) is 2.28. The van der Waals surface area contributed by atoms with E-state index >= 15 is 0 Å². The van der Waals surface area contributed by atoms with E-state index in [2.05, 4.69) is 10.2 Å². The van der Waals surface area contributed by atoms with E-state index in [9.17, 15) is 5.11 Å². The molecule has 1 atom stereocenters. The first-order chi connectivity index (χ1) is 9.69.